The van der Waals surface area contributed by atoms with Crippen LogP contribution in [0, 0.1) is 26.7 Å². The van der Waals surface area contributed by atoms with Gasteiger partial charge in [0.05, 0.1) is 34.2 Å². The Balaban J connectivity index is 0.000000146. The molecule has 22 heteroatoms. The Labute approximate surface area is 590 Å². The summed E-state index contributed by atoms with van der Waals surface area (Å²) in [4.78, 5) is 71.5. The third-order valence-corrected chi connectivity index (χ3v) is 18.4. The summed E-state index contributed by atoms with van der Waals surface area (Å²) < 4.78 is 4.47. The number of aromatic amines is 2. The van der Waals surface area contributed by atoms with Crippen molar-refractivity contribution < 1.29 is 29.4 Å². The number of imidazole rings is 2. The number of carbonyl (C=O) groups is 4. The molecule has 0 aliphatic carbocycles. The zero-order chi connectivity index (χ0) is 71.6. The standard InChI is InChI=1S/C33H30N4O2.C24H29N5O3.C23H21N7O/c1-4-9-30-35-31-21(2)18-24(32-34-27-12-7-8-13-28(27)36(32)3)19-29(31)37(30)20-22-14-16-23(17-15-22)25-10-5-6-11-26(25)33(38)39;1-4-5-10-21(30)29(22(16(2)3)24(31)32)15-17-11-13-18(14-12-17)19-8-6-7-9-20(19)23-25-27-28-26-23;1-14-18-11-12-21(31)30(23(18)25-15(2)24-14)13-16-7-9-17(10-8-16)19-5-3-4-6-20(19)22-26-28-29-27-22/h5-8,10-19H,4,9,20H2,1-3H3,(H,38,39);6-9,11-14,16,22H,4-5,10,15H2,1-3H3,(H,31,32)(H,25,26,27,28);3-10H,11-13H2,1-2H3,(H,26,27,28,29)/t;22-;/m.0./s1. The first-order valence-corrected chi connectivity index (χ1v) is 34.3. The maximum atomic E-state index is 12.9. The minimum atomic E-state index is -0.976. The lowest BCUT2D eigenvalue weighted by Crippen LogP contribution is -2.47. The highest BCUT2D eigenvalue weighted by molar-refractivity contribution is 5.97. The van der Waals surface area contributed by atoms with Crippen LogP contribution in [0.5, 0.6) is 0 Å². The van der Waals surface area contributed by atoms with E-state index in [0.717, 1.165) is 149 Å². The molecule has 102 heavy (non-hydrogen) atoms. The number of carboxylic acid groups (broad SMARTS) is 2. The Morgan fingerprint density at radius 3 is 1.71 bits per heavy atom. The molecule has 6 heterocycles. The van der Waals surface area contributed by atoms with Crippen LogP contribution in [0.25, 0.3) is 89.6 Å². The summed E-state index contributed by atoms with van der Waals surface area (Å²) in [6.07, 6.45) is 5.05. The van der Waals surface area contributed by atoms with Gasteiger partial charge in [-0.25, -0.2) is 39.7 Å². The zero-order valence-electron chi connectivity index (χ0n) is 58.3. The largest absolute Gasteiger partial charge is 0.480 e. The third-order valence-electron chi connectivity index (χ3n) is 18.4. The number of aryl methyl sites for hydroxylation is 5. The maximum absolute atomic E-state index is 12.9. The van der Waals surface area contributed by atoms with E-state index in [2.05, 4.69) is 124 Å². The zero-order valence-corrected chi connectivity index (χ0v) is 58.3. The molecule has 1 atom stereocenters. The molecule has 1 aliphatic heterocycles. The molecule has 0 bridgehead atoms. The number of rotatable bonds is 21. The van der Waals surface area contributed by atoms with Crippen LogP contribution in [0.2, 0.25) is 0 Å². The van der Waals surface area contributed by atoms with Crippen molar-refractivity contribution in [2.75, 3.05) is 4.90 Å². The second kappa shape index (κ2) is 31.3. The summed E-state index contributed by atoms with van der Waals surface area (Å²) >= 11 is 0. The number of benzene rings is 8. The summed E-state index contributed by atoms with van der Waals surface area (Å²) in [6, 6.07) is 58.9. The molecule has 14 rings (SSSR count). The van der Waals surface area contributed by atoms with Crippen molar-refractivity contribution in [3.8, 4) is 67.5 Å². The number of anilines is 1. The van der Waals surface area contributed by atoms with Crippen LogP contribution in [0.3, 0.4) is 0 Å². The summed E-state index contributed by atoms with van der Waals surface area (Å²) in [5.41, 5.74) is 19.2. The number of hydrogen-bond donors (Lipinski definition) is 4. The quantitative estimate of drug-likeness (QED) is 0.0520. The van der Waals surface area contributed by atoms with Crippen LogP contribution in [0.1, 0.15) is 115 Å². The van der Waals surface area contributed by atoms with Crippen LogP contribution < -0.4 is 4.90 Å². The maximum Gasteiger partial charge on any atom is 0.336 e. The van der Waals surface area contributed by atoms with E-state index in [1.165, 1.54) is 4.90 Å². The molecule has 2 amide bonds. The molecule has 0 saturated carbocycles. The number of aliphatic carboxylic acids is 1. The lowest BCUT2D eigenvalue weighted by Gasteiger charge is -2.32. The Hall–Kier alpha value is -12.2. The summed E-state index contributed by atoms with van der Waals surface area (Å²) in [6.45, 7) is 15.2. The number of hydrogen-bond acceptors (Lipinski definition) is 14. The third kappa shape index (κ3) is 15.3. The second-order valence-electron chi connectivity index (χ2n) is 25.8. The fourth-order valence-electron chi connectivity index (χ4n) is 13.3. The number of aromatic carboxylic acids is 1. The van der Waals surface area contributed by atoms with E-state index in [0.29, 0.717) is 55.4 Å². The summed E-state index contributed by atoms with van der Waals surface area (Å²) in [5.74, 6) is 2.52. The van der Waals surface area contributed by atoms with Crippen LogP contribution in [0.4, 0.5) is 5.82 Å². The predicted molar refractivity (Wildman–Crippen MR) is 394 cm³/mol. The molecular formula is C80H80N16O6. The number of H-pyrrole nitrogens is 2. The minimum Gasteiger partial charge on any atom is -0.480 e. The number of aromatic nitrogens is 14. The molecule has 0 unspecified atom stereocenters. The number of carbonyl (C=O) groups excluding carboxylic acids is 2. The molecule has 5 aromatic heterocycles. The molecule has 4 N–H and O–H groups in total. The number of amides is 2. The van der Waals surface area contributed by atoms with Gasteiger partial charge in [-0.2, -0.15) is 0 Å². The SMILES string of the molecule is CCCCC(=O)N(Cc1ccc(-c2ccccc2-c2nnn[nH]2)cc1)[C@H](C(=O)O)C(C)C.CCCc1nc2c(C)cc(-c3nc4ccccc4n3C)cc2n1Cc1ccc(-c2ccccc2C(=O)O)cc1.Cc1nc(C)c2c(n1)N(Cc1ccc(-c3ccccc3-c3nnn[nH]3)cc1)C(=O)CC2. The molecule has 13 aromatic rings. The topological polar surface area (TPSA) is 286 Å². The molecule has 0 fully saturated rings. The first-order valence-electron chi connectivity index (χ1n) is 34.3. The van der Waals surface area contributed by atoms with Gasteiger partial charge in [-0.1, -0.05) is 186 Å². The highest BCUT2D eigenvalue weighted by Gasteiger charge is 2.33. The molecule has 1 aliphatic rings. The van der Waals surface area contributed by atoms with E-state index in [1.807, 2.05) is 162 Å². The van der Waals surface area contributed by atoms with Gasteiger partial charge >= 0.3 is 11.9 Å². The van der Waals surface area contributed by atoms with Crippen LogP contribution >= 0.6 is 0 Å². The van der Waals surface area contributed by atoms with Crippen molar-refractivity contribution in [2.24, 2.45) is 13.0 Å². The fraction of sp³-hybridized carbons (Fsp3) is 0.250. The van der Waals surface area contributed by atoms with Crippen molar-refractivity contribution in [3.63, 3.8) is 0 Å². The van der Waals surface area contributed by atoms with Gasteiger partial charge in [0.25, 0.3) is 0 Å². The van der Waals surface area contributed by atoms with Crippen LogP contribution in [-0.2, 0) is 53.9 Å². The smallest absolute Gasteiger partial charge is 0.336 e. The Morgan fingerprint density at radius 2 is 1.15 bits per heavy atom. The van der Waals surface area contributed by atoms with Gasteiger partial charge in [0.15, 0.2) is 11.6 Å². The van der Waals surface area contributed by atoms with Crippen LogP contribution in [-0.4, -0.2) is 115 Å². The van der Waals surface area contributed by atoms with Gasteiger partial charge in [0.2, 0.25) is 11.8 Å². The van der Waals surface area contributed by atoms with E-state index in [9.17, 15) is 29.4 Å². The Kier molecular flexibility index (Phi) is 21.4. The number of nitrogens with one attached hydrogen (secondary N) is 2. The normalized spacial score (nSPS) is 12.2. The fourth-order valence-corrected chi connectivity index (χ4v) is 13.3. The summed E-state index contributed by atoms with van der Waals surface area (Å²) in [7, 11) is 2.06. The molecule has 0 spiro atoms. The minimum absolute atomic E-state index is 0.0947. The van der Waals surface area contributed by atoms with Crippen molar-refractivity contribution in [3.05, 3.63) is 233 Å². The van der Waals surface area contributed by atoms with Crippen LogP contribution in [0.15, 0.2) is 182 Å². The summed E-state index contributed by atoms with van der Waals surface area (Å²) in [5, 5.41) is 47.7. The van der Waals surface area contributed by atoms with Gasteiger partial charge in [-0.05, 0) is 153 Å². The molecular weight excluding hydrogens is 1280 g/mol. The lowest BCUT2D eigenvalue weighted by molar-refractivity contribution is -0.153. The number of unbranched alkanes of at least 4 members (excludes halogenated alkanes) is 1. The number of tetrazole rings is 2. The number of fused-ring (bicyclic) bond motifs is 3. The molecule has 0 radical (unpaired) electrons. The van der Waals surface area contributed by atoms with E-state index < -0.39 is 18.0 Å². The van der Waals surface area contributed by atoms with E-state index >= 15 is 0 Å². The molecule has 516 valence electrons. The Bertz CT molecular complexity index is 5130. The van der Waals surface area contributed by atoms with Crippen molar-refractivity contribution in [1.82, 2.24) is 75.2 Å². The average Bonchev–Trinajstić information content (AvgIpc) is 1.52. The highest BCUT2D eigenvalue weighted by atomic mass is 16.4. The Morgan fingerprint density at radius 1 is 0.588 bits per heavy atom. The highest BCUT2D eigenvalue weighted by Crippen LogP contribution is 2.36. The van der Waals surface area contributed by atoms with E-state index in [4.69, 9.17) is 9.97 Å². The van der Waals surface area contributed by atoms with Gasteiger partial charge in [0, 0.05) is 67.3 Å². The number of para-hydroxylation sites is 2. The van der Waals surface area contributed by atoms with Gasteiger partial charge in [-0.3, -0.25) is 14.5 Å². The second-order valence-corrected chi connectivity index (χ2v) is 25.8. The lowest BCUT2D eigenvalue weighted by atomic mass is 9.97. The first kappa shape index (κ1) is 69.7. The molecule has 8 aromatic carbocycles. The van der Waals surface area contributed by atoms with Gasteiger partial charge in [-0.15, -0.1) is 10.2 Å². The number of nitrogens with zero attached hydrogens (tertiary/aromatic N) is 14. The van der Waals surface area contributed by atoms with Crippen molar-refractivity contribution in [2.45, 2.75) is 119 Å². The van der Waals surface area contributed by atoms with E-state index in [1.54, 1.807) is 17.0 Å². The predicted octanol–water partition coefficient (Wildman–Crippen LogP) is 14.8. The monoisotopic (exact) mass is 1360 g/mol. The van der Waals surface area contributed by atoms with Gasteiger partial charge < -0.3 is 24.2 Å². The van der Waals surface area contributed by atoms with Gasteiger partial charge in [0.1, 0.15) is 29.3 Å². The molecule has 22 nitrogen and oxygen atoms in total. The van der Waals surface area contributed by atoms with Crippen molar-refractivity contribution >= 4 is 51.6 Å². The van der Waals surface area contributed by atoms with Crippen molar-refractivity contribution in [1.29, 1.82) is 0 Å². The number of carboxylic acids is 2. The van der Waals surface area contributed by atoms with E-state index in [-0.39, 0.29) is 24.3 Å². The molecule has 0 saturated heterocycles. The average molecular weight is 1360 g/mol. The first-order chi connectivity index (χ1) is 49.5.